The third-order valence-electron chi connectivity index (χ3n) is 2.53. The Morgan fingerprint density at radius 3 is 2.62 bits per heavy atom. The smallest absolute Gasteiger partial charge is 0.346 e. The lowest BCUT2D eigenvalue weighted by molar-refractivity contribution is 0.0701. The van der Waals surface area contributed by atoms with Crippen LogP contribution >= 0.6 is 22.9 Å². The van der Waals surface area contributed by atoms with Crippen LogP contribution in [0.2, 0.25) is 5.02 Å². The summed E-state index contributed by atoms with van der Waals surface area (Å²) in [7, 11) is -4.10. The van der Waals surface area contributed by atoms with Gasteiger partial charge >= 0.3 is 5.97 Å². The van der Waals surface area contributed by atoms with E-state index in [2.05, 4.69) is 4.72 Å². The van der Waals surface area contributed by atoms with Crippen molar-refractivity contribution in [2.75, 3.05) is 4.72 Å². The highest BCUT2D eigenvalue weighted by molar-refractivity contribution is 7.93. The van der Waals surface area contributed by atoms with Gasteiger partial charge in [0.25, 0.3) is 10.0 Å². The third-order valence-corrected chi connectivity index (χ3v) is 5.65. The van der Waals surface area contributed by atoms with Crippen LogP contribution in [0.25, 0.3) is 0 Å². The maximum atomic E-state index is 13.2. The molecule has 0 fully saturated rings. The monoisotopic (exact) mass is 349 g/mol. The van der Waals surface area contributed by atoms with Crippen LogP contribution < -0.4 is 4.72 Å². The van der Waals surface area contributed by atoms with Crippen molar-refractivity contribution in [1.29, 1.82) is 0 Å². The molecule has 9 heteroatoms. The number of carboxylic acid groups (broad SMARTS) is 1. The number of carbonyl (C=O) groups is 1. The molecule has 0 saturated carbocycles. The van der Waals surface area contributed by atoms with Crippen molar-refractivity contribution in [3.63, 3.8) is 0 Å². The summed E-state index contributed by atoms with van der Waals surface area (Å²) in [5.41, 5.74) is 0.426. The van der Waals surface area contributed by atoms with E-state index in [1.807, 2.05) is 0 Å². The van der Waals surface area contributed by atoms with Crippen LogP contribution in [-0.4, -0.2) is 19.5 Å². The van der Waals surface area contributed by atoms with Gasteiger partial charge < -0.3 is 5.11 Å². The lowest BCUT2D eigenvalue weighted by Gasteiger charge is -2.07. The summed E-state index contributed by atoms with van der Waals surface area (Å²) in [4.78, 5) is 10.5. The van der Waals surface area contributed by atoms with Gasteiger partial charge in [-0.1, -0.05) is 11.6 Å². The first-order valence-corrected chi connectivity index (χ1v) is 8.20. The minimum Gasteiger partial charge on any atom is -0.477 e. The molecule has 2 aromatic rings. The van der Waals surface area contributed by atoms with Gasteiger partial charge in [-0.3, -0.25) is 4.72 Å². The van der Waals surface area contributed by atoms with Gasteiger partial charge in [0.2, 0.25) is 0 Å². The average molecular weight is 350 g/mol. The first kappa shape index (κ1) is 15.7. The number of benzene rings is 1. The number of aromatic carboxylic acids is 1. The fourth-order valence-electron chi connectivity index (χ4n) is 1.62. The second-order valence-electron chi connectivity index (χ2n) is 4.11. The van der Waals surface area contributed by atoms with Crippen molar-refractivity contribution in [3.8, 4) is 0 Å². The van der Waals surface area contributed by atoms with Crippen LogP contribution in [0.1, 0.15) is 15.2 Å². The summed E-state index contributed by atoms with van der Waals surface area (Å²) >= 11 is 6.53. The molecule has 0 radical (unpaired) electrons. The molecule has 112 valence electrons. The predicted molar refractivity (Wildman–Crippen MR) is 78.2 cm³/mol. The van der Waals surface area contributed by atoms with Crippen molar-refractivity contribution in [3.05, 3.63) is 45.5 Å². The van der Waals surface area contributed by atoms with E-state index < -0.39 is 26.7 Å². The van der Waals surface area contributed by atoms with E-state index in [9.17, 15) is 17.6 Å². The zero-order valence-electron chi connectivity index (χ0n) is 10.6. The normalized spacial score (nSPS) is 11.4. The number of nitrogens with one attached hydrogen (secondary N) is 1. The maximum absolute atomic E-state index is 13.2. The molecule has 1 aromatic carbocycles. The Morgan fingerprint density at radius 2 is 2.05 bits per heavy atom. The maximum Gasteiger partial charge on any atom is 0.346 e. The molecule has 0 aliphatic carbocycles. The molecule has 0 unspecified atom stereocenters. The van der Waals surface area contributed by atoms with Crippen LogP contribution in [0.15, 0.2) is 29.2 Å². The number of hydrogen-bond acceptors (Lipinski definition) is 4. The van der Waals surface area contributed by atoms with Gasteiger partial charge in [-0.2, -0.15) is 0 Å². The number of anilines is 1. The zero-order chi connectivity index (χ0) is 15.8. The summed E-state index contributed by atoms with van der Waals surface area (Å²) in [5.74, 6) is -1.89. The molecule has 2 rings (SSSR count). The number of thiophene rings is 1. The van der Waals surface area contributed by atoms with E-state index in [4.69, 9.17) is 16.7 Å². The van der Waals surface area contributed by atoms with E-state index in [1.165, 1.54) is 6.07 Å². The molecule has 1 heterocycles. The molecular formula is C12H9ClFNO4S2. The van der Waals surface area contributed by atoms with Crippen molar-refractivity contribution < 1.29 is 22.7 Å². The third kappa shape index (κ3) is 3.34. The molecule has 0 spiro atoms. The van der Waals surface area contributed by atoms with Gasteiger partial charge in [-0.25, -0.2) is 17.6 Å². The summed E-state index contributed by atoms with van der Waals surface area (Å²) in [6, 6.07) is 4.36. The molecule has 0 aliphatic heterocycles. The Balaban J connectivity index is 2.40. The number of halogens is 2. The Labute approximate surface area is 129 Å². The number of rotatable bonds is 4. The summed E-state index contributed by atoms with van der Waals surface area (Å²) in [6.45, 7) is 1.55. The number of aryl methyl sites for hydroxylation is 1. The second-order valence-corrected chi connectivity index (χ2v) is 7.22. The lowest BCUT2D eigenvalue weighted by Crippen LogP contribution is -2.12. The quantitative estimate of drug-likeness (QED) is 0.886. The first-order chi connectivity index (χ1) is 9.70. The molecule has 0 bridgehead atoms. The van der Waals surface area contributed by atoms with Crippen molar-refractivity contribution in [2.24, 2.45) is 0 Å². The van der Waals surface area contributed by atoms with Crippen molar-refractivity contribution in [1.82, 2.24) is 0 Å². The standard InChI is InChI=1S/C12H9ClFNO4S2/c1-6-4-10(20-11(6)12(16)17)15-21(18,19)9-5-7(14)2-3-8(9)13/h2-5,15H,1H3,(H,16,17). The Bertz CT molecular complexity index is 817. The van der Waals surface area contributed by atoms with Crippen LogP contribution in [0.4, 0.5) is 9.39 Å². The fraction of sp³-hybridized carbons (Fsp3) is 0.0833. The molecule has 0 amide bonds. The highest BCUT2D eigenvalue weighted by atomic mass is 35.5. The van der Waals surface area contributed by atoms with E-state index in [0.29, 0.717) is 5.56 Å². The second kappa shape index (κ2) is 5.63. The molecule has 2 N–H and O–H groups in total. The van der Waals surface area contributed by atoms with Crippen molar-refractivity contribution >= 4 is 43.9 Å². The van der Waals surface area contributed by atoms with E-state index in [1.54, 1.807) is 6.92 Å². The highest BCUT2D eigenvalue weighted by Gasteiger charge is 2.21. The Morgan fingerprint density at radius 1 is 1.38 bits per heavy atom. The molecular weight excluding hydrogens is 341 g/mol. The minimum absolute atomic E-state index is 0.0260. The van der Waals surface area contributed by atoms with Crippen LogP contribution in [0.5, 0.6) is 0 Å². The number of sulfonamides is 1. The van der Waals surface area contributed by atoms with Gasteiger partial charge in [0.15, 0.2) is 0 Å². The fourth-order valence-corrected chi connectivity index (χ4v) is 4.32. The van der Waals surface area contributed by atoms with E-state index in [-0.39, 0.29) is 14.9 Å². The first-order valence-electron chi connectivity index (χ1n) is 5.52. The van der Waals surface area contributed by atoms with E-state index in [0.717, 1.165) is 29.5 Å². The van der Waals surface area contributed by atoms with Crippen LogP contribution in [0, 0.1) is 12.7 Å². The Kier molecular flexibility index (Phi) is 4.22. The summed E-state index contributed by atoms with van der Waals surface area (Å²) in [6.07, 6.45) is 0. The van der Waals surface area contributed by atoms with Gasteiger partial charge in [-0.05, 0) is 36.8 Å². The minimum atomic E-state index is -4.10. The van der Waals surface area contributed by atoms with Gasteiger partial charge in [0.1, 0.15) is 20.6 Å². The van der Waals surface area contributed by atoms with E-state index >= 15 is 0 Å². The van der Waals surface area contributed by atoms with Crippen LogP contribution in [0.3, 0.4) is 0 Å². The topological polar surface area (TPSA) is 83.5 Å². The summed E-state index contributed by atoms with van der Waals surface area (Å²) < 4.78 is 39.7. The van der Waals surface area contributed by atoms with Gasteiger partial charge in [0.05, 0.1) is 5.02 Å². The predicted octanol–water partition coefficient (Wildman–Crippen LogP) is 3.35. The number of carboxylic acids is 1. The zero-order valence-corrected chi connectivity index (χ0v) is 12.9. The molecule has 1 aromatic heterocycles. The molecule has 0 aliphatic rings. The van der Waals surface area contributed by atoms with Crippen molar-refractivity contribution in [2.45, 2.75) is 11.8 Å². The average Bonchev–Trinajstić information content (AvgIpc) is 2.72. The molecule has 0 saturated heterocycles. The molecule has 5 nitrogen and oxygen atoms in total. The SMILES string of the molecule is Cc1cc(NS(=O)(=O)c2cc(F)ccc2Cl)sc1C(=O)O. The highest BCUT2D eigenvalue weighted by Crippen LogP contribution is 2.30. The van der Waals surface area contributed by atoms with Gasteiger partial charge in [-0.15, -0.1) is 11.3 Å². The van der Waals surface area contributed by atoms with Gasteiger partial charge in [0, 0.05) is 0 Å². The molecule has 0 atom stereocenters. The lowest BCUT2D eigenvalue weighted by atomic mass is 10.3. The molecule has 21 heavy (non-hydrogen) atoms. The van der Waals surface area contributed by atoms with Crippen LogP contribution in [-0.2, 0) is 10.0 Å². The summed E-state index contributed by atoms with van der Waals surface area (Å²) in [5, 5.41) is 8.92. The number of hydrogen-bond donors (Lipinski definition) is 2. The largest absolute Gasteiger partial charge is 0.477 e. The Hall–Kier alpha value is -1.64.